The van der Waals surface area contributed by atoms with Crippen molar-refractivity contribution in [1.82, 2.24) is 15.0 Å². The quantitative estimate of drug-likeness (QED) is 0.838. The number of anilines is 2. The lowest BCUT2D eigenvalue weighted by atomic mass is 10.0. The van der Waals surface area contributed by atoms with Gasteiger partial charge in [0.05, 0.1) is 6.04 Å². The number of aromatic nitrogens is 3. The third kappa shape index (κ3) is 1.88. The molecule has 2 atom stereocenters. The number of nitrogen functional groups attached to an aromatic ring is 1. The molecule has 1 aliphatic carbocycles. The summed E-state index contributed by atoms with van der Waals surface area (Å²) < 4.78 is 0. The maximum atomic E-state index is 5.56. The van der Waals surface area contributed by atoms with E-state index in [1.165, 1.54) is 17.5 Å². The minimum atomic E-state index is 0.239. The molecule has 5 nitrogen and oxygen atoms in total. The molecular weight excluding hydrogens is 226 g/mol. The molecule has 1 aromatic heterocycles. The van der Waals surface area contributed by atoms with Crippen LogP contribution >= 0.6 is 0 Å². The molecule has 0 radical (unpaired) electrons. The molecule has 5 heteroatoms. The van der Waals surface area contributed by atoms with Crippen LogP contribution in [0.1, 0.15) is 24.1 Å². The SMILES string of the molecule is CC1Cc2ccccc2C1Nc1ncnc(N)n1. The molecule has 1 aromatic carbocycles. The van der Waals surface area contributed by atoms with E-state index in [1.807, 2.05) is 0 Å². The number of fused-ring (bicyclic) bond motifs is 1. The second-order valence-electron chi connectivity index (χ2n) is 4.67. The molecule has 92 valence electrons. The summed E-state index contributed by atoms with van der Waals surface area (Å²) >= 11 is 0. The zero-order valence-corrected chi connectivity index (χ0v) is 10.2. The molecule has 18 heavy (non-hydrogen) atoms. The smallest absolute Gasteiger partial charge is 0.227 e. The van der Waals surface area contributed by atoms with E-state index in [9.17, 15) is 0 Å². The van der Waals surface area contributed by atoms with E-state index >= 15 is 0 Å². The number of benzene rings is 1. The molecule has 2 aromatic rings. The van der Waals surface area contributed by atoms with Crippen molar-refractivity contribution in [2.24, 2.45) is 5.92 Å². The number of nitrogens with one attached hydrogen (secondary N) is 1. The summed E-state index contributed by atoms with van der Waals surface area (Å²) in [5.74, 6) is 1.29. The second kappa shape index (κ2) is 4.25. The Kier molecular flexibility index (Phi) is 2.59. The van der Waals surface area contributed by atoms with E-state index in [4.69, 9.17) is 5.73 Å². The molecule has 0 spiro atoms. The van der Waals surface area contributed by atoms with Gasteiger partial charge in [-0.1, -0.05) is 31.2 Å². The van der Waals surface area contributed by atoms with Gasteiger partial charge in [0.2, 0.25) is 11.9 Å². The van der Waals surface area contributed by atoms with E-state index in [1.54, 1.807) is 0 Å². The van der Waals surface area contributed by atoms with Crippen LogP contribution in [0, 0.1) is 5.92 Å². The van der Waals surface area contributed by atoms with E-state index in [0.29, 0.717) is 11.9 Å². The molecule has 0 aliphatic heterocycles. The highest BCUT2D eigenvalue weighted by Gasteiger charge is 2.29. The van der Waals surface area contributed by atoms with Gasteiger partial charge >= 0.3 is 0 Å². The van der Waals surface area contributed by atoms with Gasteiger partial charge in [-0.15, -0.1) is 0 Å². The normalized spacial score (nSPS) is 21.6. The Morgan fingerprint density at radius 1 is 1.28 bits per heavy atom. The topological polar surface area (TPSA) is 76.7 Å². The lowest BCUT2D eigenvalue weighted by Crippen LogP contribution is -2.16. The average molecular weight is 241 g/mol. The van der Waals surface area contributed by atoms with E-state index < -0.39 is 0 Å². The molecule has 3 rings (SSSR count). The highest BCUT2D eigenvalue weighted by atomic mass is 15.2. The Balaban J connectivity index is 1.89. The second-order valence-corrected chi connectivity index (χ2v) is 4.67. The first kappa shape index (κ1) is 11.0. The van der Waals surface area contributed by atoms with Gasteiger partial charge < -0.3 is 11.1 Å². The summed E-state index contributed by atoms with van der Waals surface area (Å²) in [6, 6.07) is 8.71. The van der Waals surface area contributed by atoms with Crippen LogP contribution in [0.2, 0.25) is 0 Å². The van der Waals surface area contributed by atoms with Gasteiger partial charge in [0.15, 0.2) is 0 Å². The Morgan fingerprint density at radius 3 is 2.94 bits per heavy atom. The van der Waals surface area contributed by atoms with Crippen molar-refractivity contribution in [3.63, 3.8) is 0 Å². The lowest BCUT2D eigenvalue weighted by Gasteiger charge is -2.18. The summed E-state index contributed by atoms with van der Waals surface area (Å²) in [5.41, 5.74) is 8.28. The minimum absolute atomic E-state index is 0.239. The van der Waals surface area contributed by atoms with Gasteiger partial charge in [-0.2, -0.15) is 4.98 Å². The molecular formula is C13H15N5. The van der Waals surface area contributed by atoms with Crippen LogP contribution in [0.4, 0.5) is 11.9 Å². The number of nitrogens with zero attached hydrogens (tertiary/aromatic N) is 3. The average Bonchev–Trinajstić information content (AvgIpc) is 2.66. The van der Waals surface area contributed by atoms with Gasteiger partial charge in [0.1, 0.15) is 6.33 Å². The first-order chi connectivity index (χ1) is 8.74. The maximum Gasteiger partial charge on any atom is 0.227 e. The van der Waals surface area contributed by atoms with Crippen LogP contribution in [0.5, 0.6) is 0 Å². The van der Waals surface area contributed by atoms with Gasteiger partial charge in [0.25, 0.3) is 0 Å². The summed E-state index contributed by atoms with van der Waals surface area (Å²) in [4.78, 5) is 12.0. The fraction of sp³-hybridized carbons (Fsp3) is 0.308. The Morgan fingerprint density at radius 2 is 2.11 bits per heavy atom. The molecule has 0 amide bonds. The van der Waals surface area contributed by atoms with Gasteiger partial charge in [-0.05, 0) is 23.5 Å². The molecule has 1 heterocycles. The number of hydrogen-bond donors (Lipinski definition) is 2. The minimum Gasteiger partial charge on any atom is -0.368 e. The maximum absolute atomic E-state index is 5.56. The van der Waals surface area contributed by atoms with E-state index in [2.05, 4.69) is 51.5 Å². The Labute approximate surface area is 105 Å². The van der Waals surface area contributed by atoms with E-state index in [0.717, 1.165) is 6.42 Å². The fourth-order valence-corrected chi connectivity index (χ4v) is 2.53. The van der Waals surface area contributed by atoms with Crippen molar-refractivity contribution in [3.8, 4) is 0 Å². The number of hydrogen-bond acceptors (Lipinski definition) is 5. The van der Waals surface area contributed by atoms with Crippen molar-refractivity contribution in [2.75, 3.05) is 11.1 Å². The standard InChI is InChI=1S/C13H15N5/c1-8-6-9-4-2-3-5-10(9)11(8)17-13-16-7-15-12(14)18-13/h2-5,7-8,11H,6H2,1H3,(H3,14,15,16,17,18). The van der Waals surface area contributed by atoms with Crippen molar-refractivity contribution in [3.05, 3.63) is 41.7 Å². The van der Waals surface area contributed by atoms with Crippen molar-refractivity contribution < 1.29 is 0 Å². The van der Waals surface area contributed by atoms with Crippen LogP contribution in [0.15, 0.2) is 30.6 Å². The first-order valence-corrected chi connectivity index (χ1v) is 6.03. The Hall–Kier alpha value is -2.17. The summed E-state index contributed by atoms with van der Waals surface area (Å²) in [6.07, 6.45) is 2.50. The van der Waals surface area contributed by atoms with Gasteiger partial charge in [-0.3, -0.25) is 0 Å². The zero-order chi connectivity index (χ0) is 12.5. The van der Waals surface area contributed by atoms with Crippen molar-refractivity contribution >= 4 is 11.9 Å². The number of nitrogens with two attached hydrogens (primary N) is 1. The predicted octanol–water partition coefficient (Wildman–Crippen LogP) is 1.80. The highest BCUT2D eigenvalue weighted by molar-refractivity contribution is 5.42. The molecule has 3 N–H and O–H groups in total. The molecule has 0 fully saturated rings. The van der Waals surface area contributed by atoms with Crippen LogP contribution in [-0.2, 0) is 6.42 Å². The van der Waals surface area contributed by atoms with Crippen LogP contribution in [0.25, 0.3) is 0 Å². The Bertz CT molecular complexity index is 569. The van der Waals surface area contributed by atoms with Crippen molar-refractivity contribution in [2.45, 2.75) is 19.4 Å². The first-order valence-electron chi connectivity index (χ1n) is 6.03. The third-order valence-electron chi connectivity index (χ3n) is 3.38. The molecule has 0 saturated carbocycles. The van der Waals surface area contributed by atoms with E-state index in [-0.39, 0.29) is 12.0 Å². The highest BCUT2D eigenvalue weighted by Crippen LogP contribution is 2.37. The summed E-state index contributed by atoms with van der Waals surface area (Å²) in [7, 11) is 0. The number of rotatable bonds is 2. The fourth-order valence-electron chi connectivity index (χ4n) is 2.53. The summed E-state index contributed by atoms with van der Waals surface area (Å²) in [6.45, 7) is 2.22. The molecule has 2 unspecified atom stereocenters. The van der Waals surface area contributed by atoms with Crippen molar-refractivity contribution in [1.29, 1.82) is 0 Å². The van der Waals surface area contributed by atoms with Gasteiger partial charge in [0, 0.05) is 0 Å². The zero-order valence-electron chi connectivity index (χ0n) is 10.2. The molecule has 0 bridgehead atoms. The molecule has 0 saturated heterocycles. The largest absolute Gasteiger partial charge is 0.368 e. The van der Waals surface area contributed by atoms with Crippen LogP contribution in [-0.4, -0.2) is 15.0 Å². The lowest BCUT2D eigenvalue weighted by molar-refractivity contribution is 0.538. The monoisotopic (exact) mass is 241 g/mol. The van der Waals surface area contributed by atoms with Crippen LogP contribution in [0.3, 0.4) is 0 Å². The van der Waals surface area contributed by atoms with Gasteiger partial charge in [-0.25, -0.2) is 9.97 Å². The van der Waals surface area contributed by atoms with Crippen LogP contribution < -0.4 is 11.1 Å². The summed E-state index contributed by atoms with van der Waals surface area (Å²) in [5, 5.41) is 3.35. The predicted molar refractivity (Wildman–Crippen MR) is 69.9 cm³/mol. The molecule has 1 aliphatic rings. The third-order valence-corrected chi connectivity index (χ3v) is 3.38.